The van der Waals surface area contributed by atoms with Crippen molar-refractivity contribution >= 4 is 11.3 Å². The van der Waals surface area contributed by atoms with Crippen LogP contribution in [0.15, 0.2) is 11.4 Å². The van der Waals surface area contributed by atoms with Gasteiger partial charge in [0, 0.05) is 31.0 Å². The van der Waals surface area contributed by atoms with Crippen LogP contribution in [0.5, 0.6) is 0 Å². The predicted octanol–water partition coefficient (Wildman–Crippen LogP) is 1.72. The third-order valence-corrected chi connectivity index (χ3v) is 3.19. The van der Waals surface area contributed by atoms with E-state index in [2.05, 4.69) is 11.4 Å². The Kier molecular flexibility index (Phi) is 5.43. The van der Waals surface area contributed by atoms with Crippen molar-refractivity contribution in [2.24, 2.45) is 0 Å². The van der Waals surface area contributed by atoms with Crippen LogP contribution in [0, 0.1) is 11.3 Å². The Bertz CT molecular complexity index is 355. The molecule has 16 heavy (non-hydrogen) atoms. The van der Waals surface area contributed by atoms with Crippen molar-refractivity contribution in [3.63, 3.8) is 0 Å². The maximum absolute atomic E-state index is 8.69. The van der Waals surface area contributed by atoms with Crippen LogP contribution in [0.25, 0.3) is 0 Å². The molecule has 0 aliphatic heterocycles. The van der Waals surface area contributed by atoms with Gasteiger partial charge in [0.2, 0.25) is 0 Å². The van der Waals surface area contributed by atoms with Crippen LogP contribution in [-0.4, -0.2) is 26.6 Å². The summed E-state index contributed by atoms with van der Waals surface area (Å²) >= 11 is 1.58. The second-order valence-corrected chi connectivity index (χ2v) is 4.42. The van der Waals surface area contributed by atoms with Gasteiger partial charge in [-0.3, -0.25) is 0 Å². The Balaban J connectivity index is 2.42. The maximum atomic E-state index is 8.69. The first-order valence-electron chi connectivity index (χ1n) is 4.97. The average molecular weight is 240 g/mol. The molecule has 0 fully saturated rings. The molecule has 4 nitrogen and oxygen atoms in total. The van der Waals surface area contributed by atoms with Gasteiger partial charge in [-0.15, -0.1) is 11.3 Å². The number of hydrogen-bond donors (Lipinski definition) is 1. The Morgan fingerprint density at radius 1 is 1.50 bits per heavy atom. The lowest BCUT2D eigenvalue weighted by atomic mass is 10.3. The Hall–Kier alpha value is -0.930. The normalized spacial score (nSPS) is 12.7. The molecule has 0 saturated carbocycles. The van der Waals surface area contributed by atoms with Gasteiger partial charge >= 0.3 is 0 Å². The minimum Gasteiger partial charge on any atom is -0.354 e. The molecule has 1 aromatic heterocycles. The zero-order valence-corrected chi connectivity index (χ0v) is 10.5. The van der Waals surface area contributed by atoms with E-state index in [-0.39, 0.29) is 12.3 Å². The summed E-state index contributed by atoms with van der Waals surface area (Å²) < 4.78 is 10.3. The van der Waals surface area contributed by atoms with Crippen molar-refractivity contribution in [2.75, 3.05) is 14.2 Å². The number of nitrogens with zero attached hydrogens (tertiary/aromatic N) is 1. The summed E-state index contributed by atoms with van der Waals surface area (Å²) in [7, 11) is 3.23. The van der Waals surface area contributed by atoms with Crippen molar-refractivity contribution < 1.29 is 9.47 Å². The number of nitrogens with one attached hydrogen (secondary N) is 1. The quantitative estimate of drug-likeness (QED) is 0.769. The molecule has 88 valence electrons. The second-order valence-electron chi connectivity index (χ2n) is 3.42. The highest BCUT2D eigenvalue weighted by molar-refractivity contribution is 7.10. The highest BCUT2D eigenvalue weighted by Crippen LogP contribution is 2.13. The van der Waals surface area contributed by atoms with Crippen molar-refractivity contribution in [1.82, 2.24) is 5.32 Å². The zero-order chi connectivity index (χ0) is 12.0. The molecule has 0 spiro atoms. The fourth-order valence-corrected chi connectivity index (χ4v) is 2.16. The van der Waals surface area contributed by atoms with Gasteiger partial charge in [-0.25, -0.2) is 0 Å². The van der Waals surface area contributed by atoms with Gasteiger partial charge in [0.15, 0.2) is 6.29 Å². The molecule has 1 atom stereocenters. The van der Waals surface area contributed by atoms with Gasteiger partial charge < -0.3 is 14.8 Å². The van der Waals surface area contributed by atoms with Crippen molar-refractivity contribution in [2.45, 2.75) is 25.8 Å². The van der Waals surface area contributed by atoms with E-state index in [9.17, 15) is 0 Å². The molecule has 1 heterocycles. The molecule has 0 saturated heterocycles. The predicted molar refractivity (Wildman–Crippen MR) is 63.1 cm³/mol. The molecule has 0 aliphatic carbocycles. The molecule has 1 unspecified atom stereocenters. The summed E-state index contributed by atoms with van der Waals surface area (Å²) in [5.74, 6) is 0. The summed E-state index contributed by atoms with van der Waals surface area (Å²) in [6, 6.07) is 4.10. The van der Waals surface area contributed by atoms with Crippen molar-refractivity contribution in [3.05, 3.63) is 21.9 Å². The summed E-state index contributed by atoms with van der Waals surface area (Å²) in [5, 5.41) is 13.8. The van der Waals surface area contributed by atoms with E-state index < -0.39 is 0 Å². The highest BCUT2D eigenvalue weighted by atomic mass is 32.1. The second kappa shape index (κ2) is 6.61. The molecular weight excluding hydrogens is 224 g/mol. The first-order valence-corrected chi connectivity index (χ1v) is 5.85. The van der Waals surface area contributed by atoms with Crippen LogP contribution >= 0.6 is 11.3 Å². The molecule has 0 radical (unpaired) electrons. The number of nitriles is 1. The van der Waals surface area contributed by atoms with Crippen LogP contribution in [0.2, 0.25) is 0 Å². The SMILES string of the molecule is COC(OC)C(C)NCc1cc(C#N)cs1. The van der Waals surface area contributed by atoms with Crippen LogP contribution < -0.4 is 5.32 Å². The fourth-order valence-electron chi connectivity index (χ4n) is 1.39. The number of rotatable bonds is 6. The maximum Gasteiger partial charge on any atom is 0.171 e. The van der Waals surface area contributed by atoms with Gasteiger partial charge in [-0.1, -0.05) is 0 Å². The van der Waals surface area contributed by atoms with Gasteiger partial charge in [0.05, 0.1) is 11.6 Å². The molecule has 0 amide bonds. The molecule has 5 heteroatoms. The minimum absolute atomic E-state index is 0.0997. The number of thiophene rings is 1. The molecular formula is C11H16N2O2S. The summed E-state index contributed by atoms with van der Waals surface area (Å²) in [4.78, 5) is 1.13. The lowest BCUT2D eigenvalue weighted by Gasteiger charge is -2.21. The first-order chi connectivity index (χ1) is 7.71. The first kappa shape index (κ1) is 13.1. The lowest BCUT2D eigenvalue weighted by molar-refractivity contribution is -0.119. The summed E-state index contributed by atoms with van der Waals surface area (Å²) in [6.45, 7) is 2.72. The number of ether oxygens (including phenoxy) is 2. The number of hydrogen-bond acceptors (Lipinski definition) is 5. The van der Waals surface area contributed by atoms with E-state index in [4.69, 9.17) is 14.7 Å². The van der Waals surface area contributed by atoms with Crippen LogP contribution in [0.3, 0.4) is 0 Å². The van der Waals surface area contributed by atoms with Crippen LogP contribution in [-0.2, 0) is 16.0 Å². The van der Waals surface area contributed by atoms with Crippen LogP contribution in [0.4, 0.5) is 0 Å². The van der Waals surface area contributed by atoms with Gasteiger partial charge in [-0.05, 0) is 13.0 Å². The molecule has 0 aliphatic rings. The van der Waals surface area contributed by atoms with E-state index in [0.717, 1.165) is 11.4 Å². The van der Waals surface area contributed by atoms with Crippen molar-refractivity contribution in [3.8, 4) is 6.07 Å². The van der Waals surface area contributed by atoms with Crippen LogP contribution in [0.1, 0.15) is 17.4 Å². The van der Waals surface area contributed by atoms with Gasteiger partial charge in [0.1, 0.15) is 6.07 Å². The Morgan fingerprint density at radius 2 is 2.19 bits per heavy atom. The van der Waals surface area contributed by atoms with E-state index in [1.165, 1.54) is 0 Å². The topological polar surface area (TPSA) is 54.3 Å². The molecule has 1 aromatic rings. The van der Waals surface area contributed by atoms with Gasteiger partial charge in [0.25, 0.3) is 0 Å². The summed E-state index contributed by atoms with van der Waals surface area (Å²) in [5.41, 5.74) is 0.712. The fraction of sp³-hybridized carbons (Fsp3) is 0.545. The van der Waals surface area contributed by atoms with E-state index in [1.807, 2.05) is 18.4 Å². The largest absolute Gasteiger partial charge is 0.354 e. The molecule has 0 bridgehead atoms. The third kappa shape index (κ3) is 3.58. The molecule has 1 rings (SSSR count). The zero-order valence-electron chi connectivity index (χ0n) is 9.69. The minimum atomic E-state index is -0.254. The Labute approximate surface area is 99.8 Å². The summed E-state index contributed by atoms with van der Waals surface area (Å²) in [6.07, 6.45) is -0.254. The number of methoxy groups -OCH3 is 2. The smallest absolute Gasteiger partial charge is 0.171 e. The highest BCUT2D eigenvalue weighted by Gasteiger charge is 2.14. The van der Waals surface area contributed by atoms with E-state index in [1.54, 1.807) is 25.6 Å². The van der Waals surface area contributed by atoms with E-state index >= 15 is 0 Å². The lowest BCUT2D eigenvalue weighted by Crippen LogP contribution is -2.39. The average Bonchev–Trinajstić information content (AvgIpc) is 2.76. The van der Waals surface area contributed by atoms with Crippen molar-refractivity contribution in [1.29, 1.82) is 5.26 Å². The standard InChI is InChI=1S/C11H16N2O2S/c1-8(11(14-2)15-3)13-6-10-4-9(5-12)7-16-10/h4,7-8,11,13H,6H2,1-3H3. The van der Waals surface area contributed by atoms with Gasteiger partial charge in [-0.2, -0.15) is 5.26 Å². The monoisotopic (exact) mass is 240 g/mol. The molecule has 1 N–H and O–H groups in total. The van der Waals surface area contributed by atoms with E-state index in [0.29, 0.717) is 5.56 Å². The Morgan fingerprint density at radius 3 is 2.69 bits per heavy atom. The third-order valence-electron chi connectivity index (χ3n) is 2.25. The molecule has 0 aromatic carbocycles.